The summed E-state index contributed by atoms with van der Waals surface area (Å²) in [5.74, 6) is 0. The SMILES string of the molecule is OCCNC(=C1CCCCC1)c1ccccc1. The zero-order chi connectivity index (χ0) is 11.9. The number of hydrogen-bond donors (Lipinski definition) is 2. The minimum atomic E-state index is 0.184. The highest BCUT2D eigenvalue weighted by atomic mass is 16.3. The monoisotopic (exact) mass is 231 g/mol. The van der Waals surface area contributed by atoms with Gasteiger partial charge in [-0.05, 0) is 36.8 Å². The molecule has 0 radical (unpaired) electrons. The fourth-order valence-corrected chi connectivity index (χ4v) is 2.45. The standard InChI is InChI=1S/C15H21NO/c17-12-11-16-15(13-7-3-1-4-8-13)14-9-5-2-6-10-14/h1,3-4,7-8,16-17H,2,5-6,9-12H2. The normalized spacial score (nSPS) is 15.7. The van der Waals surface area contributed by atoms with Gasteiger partial charge in [0.25, 0.3) is 0 Å². The Bertz CT molecular complexity index is 362. The van der Waals surface area contributed by atoms with Crippen LogP contribution < -0.4 is 5.32 Å². The molecule has 0 spiro atoms. The van der Waals surface area contributed by atoms with E-state index in [0.717, 1.165) is 0 Å². The number of aliphatic hydroxyl groups is 1. The van der Waals surface area contributed by atoms with Crippen LogP contribution in [0.25, 0.3) is 5.70 Å². The van der Waals surface area contributed by atoms with Gasteiger partial charge >= 0.3 is 0 Å². The maximum atomic E-state index is 8.98. The van der Waals surface area contributed by atoms with E-state index in [-0.39, 0.29) is 6.61 Å². The molecule has 1 fully saturated rings. The molecule has 2 heteroatoms. The second-order valence-electron chi connectivity index (χ2n) is 4.56. The molecule has 0 amide bonds. The first-order valence-electron chi connectivity index (χ1n) is 6.54. The van der Waals surface area contributed by atoms with E-state index in [1.807, 2.05) is 6.07 Å². The van der Waals surface area contributed by atoms with E-state index < -0.39 is 0 Å². The van der Waals surface area contributed by atoms with E-state index in [2.05, 4.69) is 29.6 Å². The fourth-order valence-electron chi connectivity index (χ4n) is 2.45. The van der Waals surface area contributed by atoms with Crippen molar-refractivity contribution < 1.29 is 5.11 Å². The number of nitrogens with one attached hydrogen (secondary N) is 1. The summed E-state index contributed by atoms with van der Waals surface area (Å²) in [6.07, 6.45) is 6.34. The molecule has 2 nitrogen and oxygen atoms in total. The molecule has 0 unspecified atom stereocenters. The minimum absolute atomic E-state index is 0.184. The lowest BCUT2D eigenvalue weighted by Crippen LogP contribution is -2.19. The maximum Gasteiger partial charge on any atom is 0.0604 e. The van der Waals surface area contributed by atoms with Crippen molar-refractivity contribution in [1.82, 2.24) is 5.32 Å². The molecule has 0 saturated heterocycles. The predicted molar refractivity (Wildman–Crippen MR) is 71.5 cm³/mol. The van der Waals surface area contributed by atoms with E-state index in [0.29, 0.717) is 6.54 Å². The van der Waals surface area contributed by atoms with Gasteiger partial charge in [0.15, 0.2) is 0 Å². The van der Waals surface area contributed by atoms with Gasteiger partial charge in [-0.25, -0.2) is 0 Å². The van der Waals surface area contributed by atoms with Crippen LogP contribution >= 0.6 is 0 Å². The Morgan fingerprint density at radius 3 is 2.41 bits per heavy atom. The van der Waals surface area contributed by atoms with E-state index in [9.17, 15) is 0 Å². The molecule has 0 atom stereocenters. The van der Waals surface area contributed by atoms with Crippen molar-refractivity contribution in [2.45, 2.75) is 32.1 Å². The first kappa shape index (κ1) is 12.2. The number of rotatable bonds is 4. The Hall–Kier alpha value is -1.28. The third-order valence-corrected chi connectivity index (χ3v) is 3.29. The quantitative estimate of drug-likeness (QED) is 0.835. The Morgan fingerprint density at radius 2 is 1.76 bits per heavy atom. The molecule has 0 heterocycles. The van der Waals surface area contributed by atoms with Crippen LogP contribution in [-0.2, 0) is 0 Å². The minimum Gasteiger partial charge on any atom is -0.395 e. The Morgan fingerprint density at radius 1 is 1.06 bits per heavy atom. The summed E-state index contributed by atoms with van der Waals surface area (Å²) >= 11 is 0. The van der Waals surface area contributed by atoms with Crippen molar-refractivity contribution in [3.8, 4) is 0 Å². The average Bonchev–Trinajstić information content (AvgIpc) is 2.42. The molecule has 1 aliphatic carbocycles. The van der Waals surface area contributed by atoms with Crippen LogP contribution in [0.2, 0.25) is 0 Å². The largest absolute Gasteiger partial charge is 0.395 e. The zero-order valence-electron chi connectivity index (χ0n) is 10.3. The molecule has 0 bridgehead atoms. The van der Waals surface area contributed by atoms with Crippen LogP contribution in [0.15, 0.2) is 35.9 Å². The van der Waals surface area contributed by atoms with Gasteiger partial charge < -0.3 is 10.4 Å². The van der Waals surface area contributed by atoms with Gasteiger partial charge in [-0.2, -0.15) is 0 Å². The summed E-state index contributed by atoms with van der Waals surface area (Å²) in [7, 11) is 0. The smallest absolute Gasteiger partial charge is 0.0604 e. The lowest BCUT2D eigenvalue weighted by atomic mass is 9.91. The number of hydrogen-bond acceptors (Lipinski definition) is 2. The highest BCUT2D eigenvalue weighted by Gasteiger charge is 2.12. The molecule has 1 aromatic rings. The molecule has 1 aliphatic rings. The van der Waals surface area contributed by atoms with Gasteiger partial charge in [0.1, 0.15) is 0 Å². The molecule has 0 aliphatic heterocycles. The Balaban J connectivity index is 2.23. The van der Waals surface area contributed by atoms with Gasteiger partial charge in [0.05, 0.1) is 6.61 Å². The van der Waals surface area contributed by atoms with Crippen molar-refractivity contribution in [3.05, 3.63) is 41.5 Å². The van der Waals surface area contributed by atoms with Gasteiger partial charge in [-0.3, -0.25) is 0 Å². The number of aliphatic hydroxyl groups excluding tert-OH is 1. The first-order valence-corrected chi connectivity index (χ1v) is 6.54. The second-order valence-corrected chi connectivity index (χ2v) is 4.56. The van der Waals surface area contributed by atoms with Crippen LogP contribution in [0.4, 0.5) is 0 Å². The van der Waals surface area contributed by atoms with Gasteiger partial charge in [-0.15, -0.1) is 0 Å². The zero-order valence-corrected chi connectivity index (χ0v) is 10.3. The summed E-state index contributed by atoms with van der Waals surface area (Å²) < 4.78 is 0. The van der Waals surface area contributed by atoms with E-state index in [4.69, 9.17) is 5.11 Å². The van der Waals surface area contributed by atoms with E-state index in [1.54, 1.807) is 0 Å². The molecule has 17 heavy (non-hydrogen) atoms. The Labute approximate surface area is 103 Å². The average molecular weight is 231 g/mol. The van der Waals surface area contributed by atoms with Crippen LogP contribution in [0, 0.1) is 0 Å². The summed E-state index contributed by atoms with van der Waals surface area (Å²) in [6, 6.07) is 10.5. The van der Waals surface area contributed by atoms with Crippen LogP contribution in [0.1, 0.15) is 37.7 Å². The fraction of sp³-hybridized carbons (Fsp3) is 0.467. The predicted octanol–water partition coefficient (Wildman–Crippen LogP) is 2.94. The first-order chi connectivity index (χ1) is 8.42. The summed E-state index contributed by atoms with van der Waals surface area (Å²) in [4.78, 5) is 0. The molecule has 1 saturated carbocycles. The van der Waals surface area contributed by atoms with Crippen LogP contribution in [0.5, 0.6) is 0 Å². The topological polar surface area (TPSA) is 32.3 Å². The summed E-state index contributed by atoms with van der Waals surface area (Å²) in [5.41, 5.74) is 4.02. The van der Waals surface area contributed by atoms with E-state index >= 15 is 0 Å². The number of benzene rings is 1. The number of allylic oxidation sites excluding steroid dienone is 1. The van der Waals surface area contributed by atoms with E-state index in [1.165, 1.54) is 48.9 Å². The molecule has 0 aromatic heterocycles. The van der Waals surface area contributed by atoms with Crippen LogP contribution in [0.3, 0.4) is 0 Å². The molecular weight excluding hydrogens is 210 g/mol. The molecular formula is C15H21NO. The molecule has 2 rings (SSSR count). The van der Waals surface area contributed by atoms with Gasteiger partial charge in [0.2, 0.25) is 0 Å². The van der Waals surface area contributed by atoms with Crippen molar-refractivity contribution in [3.63, 3.8) is 0 Å². The third-order valence-electron chi connectivity index (χ3n) is 3.29. The van der Waals surface area contributed by atoms with Gasteiger partial charge in [-0.1, -0.05) is 36.8 Å². The highest BCUT2D eigenvalue weighted by molar-refractivity contribution is 5.67. The van der Waals surface area contributed by atoms with Crippen molar-refractivity contribution in [2.24, 2.45) is 0 Å². The summed E-state index contributed by atoms with van der Waals surface area (Å²) in [5, 5.41) is 12.4. The molecule has 92 valence electrons. The van der Waals surface area contributed by atoms with Gasteiger partial charge in [0, 0.05) is 12.2 Å². The van der Waals surface area contributed by atoms with Crippen molar-refractivity contribution >= 4 is 5.70 Å². The van der Waals surface area contributed by atoms with Crippen LogP contribution in [-0.4, -0.2) is 18.3 Å². The van der Waals surface area contributed by atoms with Crippen molar-refractivity contribution in [2.75, 3.05) is 13.2 Å². The molecule has 1 aromatic carbocycles. The summed E-state index contributed by atoms with van der Waals surface area (Å²) in [6.45, 7) is 0.817. The Kier molecular flexibility index (Phi) is 4.63. The van der Waals surface area contributed by atoms with Crippen molar-refractivity contribution in [1.29, 1.82) is 0 Å². The maximum absolute atomic E-state index is 8.98. The second kappa shape index (κ2) is 6.45. The third kappa shape index (κ3) is 3.34. The lowest BCUT2D eigenvalue weighted by Gasteiger charge is -2.20. The molecule has 2 N–H and O–H groups in total. The lowest BCUT2D eigenvalue weighted by molar-refractivity contribution is 0.299. The highest BCUT2D eigenvalue weighted by Crippen LogP contribution is 2.29.